The average molecular weight is 217 g/mol. The first-order valence-corrected chi connectivity index (χ1v) is 5.46. The van der Waals surface area contributed by atoms with Crippen LogP contribution in [0.3, 0.4) is 0 Å². The van der Waals surface area contributed by atoms with Crippen molar-refractivity contribution < 1.29 is 4.79 Å². The van der Waals surface area contributed by atoms with Gasteiger partial charge in [-0.15, -0.1) is 0 Å². The third kappa shape index (κ3) is 2.72. The maximum absolute atomic E-state index is 11.3. The van der Waals surface area contributed by atoms with Crippen LogP contribution >= 0.6 is 0 Å². The maximum Gasteiger partial charge on any atom is 0.243 e. The van der Waals surface area contributed by atoms with Crippen molar-refractivity contribution >= 4 is 5.91 Å². The van der Waals surface area contributed by atoms with Gasteiger partial charge in [-0.1, -0.05) is 24.3 Å². The number of amides is 1. The Hall–Kier alpha value is -1.57. The Labute approximate surface area is 97.4 Å². The van der Waals surface area contributed by atoms with Gasteiger partial charge in [0.1, 0.15) is 0 Å². The zero-order valence-corrected chi connectivity index (χ0v) is 10.4. The first kappa shape index (κ1) is 12.5. The summed E-state index contributed by atoms with van der Waals surface area (Å²) in [7, 11) is 0. The molecule has 0 aliphatic heterocycles. The second kappa shape index (κ2) is 4.97. The van der Waals surface area contributed by atoms with Crippen molar-refractivity contribution in [2.45, 2.75) is 33.7 Å². The Morgan fingerprint density at radius 1 is 1.31 bits per heavy atom. The lowest BCUT2D eigenvalue weighted by atomic mass is 9.95. The molecule has 1 amide bonds. The highest BCUT2D eigenvalue weighted by Gasteiger charge is 2.12. The summed E-state index contributed by atoms with van der Waals surface area (Å²) in [4.78, 5) is 11.3. The number of hydrogen-bond donors (Lipinski definition) is 1. The lowest BCUT2D eigenvalue weighted by Gasteiger charge is -2.19. The quantitative estimate of drug-likeness (QED) is 0.775. The minimum absolute atomic E-state index is 0.0195. The van der Waals surface area contributed by atoms with Crippen molar-refractivity contribution in [2.75, 3.05) is 0 Å². The molecule has 1 N–H and O–H groups in total. The van der Waals surface area contributed by atoms with Crippen LogP contribution in [0.4, 0.5) is 0 Å². The van der Waals surface area contributed by atoms with Crippen molar-refractivity contribution in [3.8, 4) is 0 Å². The minimum atomic E-state index is -0.133. The lowest BCUT2D eigenvalue weighted by molar-refractivity contribution is -0.117. The molecule has 0 aliphatic carbocycles. The second-order valence-corrected chi connectivity index (χ2v) is 4.25. The van der Waals surface area contributed by atoms with Gasteiger partial charge in [0, 0.05) is 0 Å². The topological polar surface area (TPSA) is 29.1 Å². The monoisotopic (exact) mass is 217 g/mol. The third-order valence-corrected chi connectivity index (χ3v) is 2.72. The molecule has 2 nitrogen and oxygen atoms in total. The summed E-state index contributed by atoms with van der Waals surface area (Å²) in [6, 6.07) is 4.30. The van der Waals surface area contributed by atoms with E-state index in [9.17, 15) is 4.79 Å². The van der Waals surface area contributed by atoms with E-state index in [1.54, 1.807) is 0 Å². The van der Waals surface area contributed by atoms with Gasteiger partial charge in [0.15, 0.2) is 0 Å². The SMILES string of the molecule is C=CC(=O)N[C@@H](C)c1c(C)cc(C)cc1C. The van der Waals surface area contributed by atoms with Gasteiger partial charge in [-0.2, -0.15) is 0 Å². The number of hydrogen-bond acceptors (Lipinski definition) is 1. The molecule has 0 spiro atoms. The molecule has 0 bridgehead atoms. The number of rotatable bonds is 3. The van der Waals surface area contributed by atoms with Gasteiger partial charge in [0.05, 0.1) is 6.04 Å². The molecule has 86 valence electrons. The number of nitrogens with one attached hydrogen (secondary N) is 1. The molecule has 1 aromatic carbocycles. The van der Waals surface area contributed by atoms with Crippen LogP contribution in [0.2, 0.25) is 0 Å². The van der Waals surface area contributed by atoms with Gasteiger partial charge in [0.25, 0.3) is 0 Å². The van der Waals surface area contributed by atoms with Crippen molar-refractivity contribution in [3.05, 3.63) is 47.0 Å². The molecular formula is C14H19NO. The van der Waals surface area contributed by atoms with Gasteiger partial charge in [-0.25, -0.2) is 0 Å². The van der Waals surface area contributed by atoms with E-state index >= 15 is 0 Å². The van der Waals surface area contributed by atoms with E-state index in [1.807, 2.05) is 6.92 Å². The zero-order valence-electron chi connectivity index (χ0n) is 10.4. The van der Waals surface area contributed by atoms with Gasteiger partial charge in [0.2, 0.25) is 5.91 Å². The van der Waals surface area contributed by atoms with Crippen molar-refractivity contribution in [2.24, 2.45) is 0 Å². The fourth-order valence-corrected chi connectivity index (χ4v) is 2.22. The molecule has 0 unspecified atom stereocenters. The highest BCUT2D eigenvalue weighted by atomic mass is 16.1. The number of carbonyl (C=O) groups excluding carboxylic acids is 1. The number of aryl methyl sites for hydroxylation is 3. The molecule has 0 saturated carbocycles. The van der Waals surface area contributed by atoms with E-state index in [-0.39, 0.29) is 11.9 Å². The highest BCUT2D eigenvalue weighted by Crippen LogP contribution is 2.23. The Kier molecular flexibility index (Phi) is 3.88. The molecule has 0 saturated heterocycles. The normalized spacial score (nSPS) is 12.0. The Bertz CT molecular complexity index is 398. The molecule has 0 aromatic heterocycles. The smallest absolute Gasteiger partial charge is 0.243 e. The summed E-state index contributed by atoms with van der Waals surface area (Å²) in [6.07, 6.45) is 1.30. The molecule has 16 heavy (non-hydrogen) atoms. The summed E-state index contributed by atoms with van der Waals surface area (Å²) in [5, 5.41) is 2.89. The second-order valence-electron chi connectivity index (χ2n) is 4.25. The summed E-state index contributed by atoms with van der Waals surface area (Å²) >= 11 is 0. The predicted molar refractivity (Wildman–Crippen MR) is 67.4 cm³/mol. The third-order valence-electron chi connectivity index (χ3n) is 2.72. The Morgan fingerprint density at radius 3 is 2.25 bits per heavy atom. The molecule has 1 atom stereocenters. The maximum atomic E-state index is 11.3. The van der Waals surface area contributed by atoms with Crippen LogP contribution in [0, 0.1) is 20.8 Å². The molecule has 0 aliphatic rings. The average Bonchev–Trinajstić information content (AvgIpc) is 2.15. The molecule has 0 fully saturated rings. The van der Waals surface area contributed by atoms with Crippen molar-refractivity contribution in [1.29, 1.82) is 0 Å². The van der Waals surface area contributed by atoms with E-state index in [4.69, 9.17) is 0 Å². The fourth-order valence-electron chi connectivity index (χ4n) is 2.22. The lowest BCUT2D eigenvalue weighted by Crippen LogP contribution is -2.25. The van der Waals surface area contributed by atoms with E-state index < -0.39 is 0 Å². The molecule has 1 aromatic rings. The van der Waals surface area contributed by atoms with Crippen LogP contribution in [0.5, 0.6) is 0 Å². The largest absolute Gasteiger partial charge is 0.346 e. The van der Waals surface area contributed by atoms with Crippen LogP contribution in [0.1, 0.15) is 35.2 Å². The van der Waals surface area contributed by atoms with E-state index in [0.29, 0.717) is 0 Å². The molecule has 1 rings (SSSR count). The van der Waals surface area contributed by atoms with Crippen LogP contribution < -0.4 is 5.32 Å². The first-order valence-electron chi connectivity index (χ1n) is 5.46. The predicted octanol–water partition coefficient (Wildman–Crippen LogP) is 2.98. The van der Waals surface area contributed by atoms with Crippen LogP contribution in [-0.2, 0) is 4.79 Å². The zero-order chi connectivity index (χ0) is 12.3. The summed E-state index contributed by atoms with van der Waals surface area (Å²) < 4.78 is 0. The van der Waals surface area contributed by atoms with Gasteiger partial charge >= 0.3 is 0 Å². The van der Waals surface area contributed by atoms with E-state index in [2.05, 4.69) is 44.8 Å². The highest BCUT2D eigenvalue weighted by molar-refractivity contribution is 5.87. The summed E-state index contributed by atoms with van der Waals surface area (Å²) in [5.74, 6) is -0.133. The van der Waals surface area contributed by atoms with Crippen molar-refractivity contribution in [1.82, 2.24) is 5.32 Å². The summed E-state index contributed by atoms with van der Waals surface area (Å²) in [6.45, 7) is 11.7. The molecular weight excluding hydrogens is 198 g/mol. The van der Waals surface area contributed by atoms with E-state index in [1.165, 1.54) is 28.3 Å². The van der Waals surface area contributed by atoms with Crippen LogP contribution in [0.25, 0.3) is 0 Å². The van der Waals surface area contributed by atoms with Crippen LogP contribution in [-0.4, -0.2) is 5.91 Å². The van der Waals surface area contributed by atoms with E-state index in [0.717, 1.165) is 0 Å². The van der Waals surface area contributed by atoms with Gasteiger partial charge in [-0.05, 0) is 50.5 Å². The van der Waals surface area contributed by atoms with Gasteiger partial charge < -0.3 is 5.32 Å². The number of carbonyl (C=O) groups is 1. The Balaban J connectivity index is 3.03. The number of benzene rings is 1. The standard InChI is InChI=1S/C14H19NO/c1-6-13(16)15-12(5)14-10(3)7-9(2)8-11(14)4/h6-8,12H,1H2,2-5H3,(H,15,16)/t12-/m0/s1. The van der Waals surface area contributed by atoms with Gasteiger partial charge in [-0.3, -0.25) is 4.79 Å². The Morgan fingerprint density at radius 2 is 1.81 bits per heavy atom. The molecule has 0 radical (unpaired) electrons. The minimum Gasteiger partial charge on any atom is -0.346 e. The first-order chi connectivity index (χ1) is 7.45. The fraction of sp³-hybridized carbons (Fsp3) is 0.357. The molecule has 2 heteroatoms. The summed E-state index contributed by atoms with van der Waals surface area (Å²) in [5.41, 5.74) is 4.88. The van der Waals surface area contributed by atoms with Crippen LogP contribution in [0.15, 0.2) is 24.8 Å². The molecule has 0 heterocycles. The van der Waals surface area contributed by atoms with Crippen molar-refractivity contribution in [3.63, 3.8) is 0 Å².